The number of hydrogen-bond donors (Lipinski definition) is 1. The molecule has 1 aliphatic heterocycles. The fraction of sp³-hybridized carbons (Fsp3) is 0.688. The van der Waals surface area contributed by atoms with Crippen LogP contribution >= 0.6 is 11.3 Å². The van der Waals surface area contributed by atoms with Crippen LogP contribution in [0.5, 0.6) is 0 Å². The van der Waals surface area contributed by atoms with Crippen molar-refractivity contribution >= 4 is 17.2 Å². The lowest BCUT2D eigenvalue weighted by molar-refractivity contribution is -0.131. The van der Waals surface area contributed by atoms with Crippen LogP contribution in [0.25, 0.3) is 0 Å². The lowest BCUT2D eigenvalue weighted by Gasteiger charge is -2.23. The number of nitrogens with one attached hydrogen (secondary N) is 1. The van der Waals surface area contributed by atoms with Gasteiger partial charge in [0.05, 0.1) is 12.6 Å². The molecule has 0 bridgehead atoms. The van der Waals surface area contributed by atoms with E-state index in [0.29, 0.717) is 25.0 Å². The average Bonchev–Trinajstić information content (AvgIpc) is 3.02. The Morgan fingerprint density at radius 2 is 2.14 bits per heavy atom. The van der Waals surface area contributed by atoms with Crippen LogP contribution in [0.3, 0.4) is 0 Å². The zero-order chi connectivity index (χ0) is 15.4. The minimum absolute atomic E-state index is 0.00690. The predicted octanol–water partition coefficient (Wildman–Crippen LogP) is 2.88. The van der Waals surface area contributed by atoms with Crippen LogP contribution in [-0.4, -0.2) is 36.6 Å². The molecule has 5 heteroatoms. The first-order valence-electron chi connectivity index (χ1n) is 7.68. The van der Waals surface area contributed by atoms with E-state index in [2.05, 4.69) is 44.5 Å². The van der Waals surface area contributed by atoms with Gasteiger partial charge in [-0.15, -0.1) is 11.3 Å². The van der Waals surface area contributed by atoms with Gasteiger partial charge in [0.2, 0.25) is 5.91 Å². The predicted molar refractivity (Wildman–Crippen MR) is 86.2 cm³/mol. The second-order valence-electron chi connectivity index (χ2n) is 6.31. The van der Waals surface area contributed by atoms with E-state index in [1.54, 1.807) is 11.3 Å². The van der Waals surface area contributed by atoms with Gasteiger partial charge in [-0.2, -0.15) is 0 Å². The molecule has 1 aliphatic rings. The lowest BCUT2D eigenvalue weighted by atomic mass is 10.1. The Morgan fingerprint density at radius 1 is 1.38 bits per heavy atom. The summed E-state index contributed by atoms with van der Waals surface area (Å²) in [7, 11) is 0. The lowest BCUT2D eigenvalue weighted by Crippen LogP contribution is -2.36. The van der Waals surface area contributed by atoms with Crippen molar-refractivity contribution in [2.75, 3.05) is 19.8 Å². The van der Waals surface area contributed by atoms with Crippen LogP contribution in [0.2, 0.25) is 0 Å². The molecule has 2 rings (SSSR count). The van der Waals surface area contributed by atoms with Crippen molar-refractivity contribution in [2.45, 2.75) is 39.9 Å². The molecule has 0 aromatic carbocycles. The fourth-order valence-electron chi connectivity index (χ4n) is 2.52. The van der Waals surface area contributed by atoms with Crippen molar-refractivity contribution in [3.05, 3.63) is 22.4 Å². The summed E-state index contributed by atoms with van der Waals surface area (Å²) in [5, 5.41) is 5.53. The largest absolute Gasteiger partial charge is 0.379 e. The second kappa shape index (κ2) is 7.38. The molecule has 0 aliphatic carbocycles. The first-order valence-corrected chi connectivity index (χ1v) is 8.56. The number of amides is 1. The van der Waals surface area contributed by atoms with Crippen molar-refractivity contribution < 1.29 is 9.53 Å². The van der Waals surface area contributed by atoms with E-state index in [9.17, 15) is 4.79 Å². The summed E-state index contributed by atoms with van der Waals surface area (Å²) < 4.78 is 5.65. The summed E-state index contributed by atoms with van der Waals surface area (Å²) in [6.45, 7) is 10.4. The van der Waals surface area contributed by atoms with E-state index in [4.69, 9.17) is 4.74 Å². The standard InChI is InChI=1S/C16H26N2O2S/c1-11(2)10-20-8-7-18-15(13-6-5-9-21-13)17-14(12(3)4)16(18)19/h5-6,9,11-12,14-15,17H,7-8,10H2,1-4H3. The molecule has 2 unspecified atom stereocenters. The summed E-state index contributed by atoms with van der Waals surface area (Å²) in [6, 6.07) is 4.02. The van der Waals surface area contributed by atoms with E-state index in [1.807, 2.05) is 11.0 Å². The third-order valence-corrected chi connectivity index (χ3v) is 4.53. The Bertz CT molecular complexity index is 445. The molecule has 118 valence electrons. The average molecular weight is 310 g/mol. The number of nitrogens with zero attached hydrogens (tertiary/aromatic N) is 1. The maximum Gasteiger partial charge on any atom is 0.241 e. The van der Waals surface area contributed by atoms with Crippen LogP contribution in [-0.2, 0) is 9.53 Å². The SMILES string of the molecule is CC(C)COCCN1C(=O)C(C(C)C)NC1c1cccs1. The molecule has 2 heterocycles. The molecule has 1 N–H and O–H groups in total. The van der Waals surface area contributed by atoms with Gasteiger partial charge in [0.1, 0.15) is 6.17 Å². The number of ether oxygens (including phenoxy) is 1. The Morgan fingerprint density at radius 3 is 2.71 bits per heavy atom. The highest BCUT2D eigenvalue weighted by molar-refractivity contribution is 7.10. The summed E-state index contributed by atoms with van der Waals surface area (Å²) in [5.41, 5.74) is 0. The van der Waals surface area contributed by atoms with Crippen LogP contribution in [0.15, 0.2) is 17.5 Å². The van der Waals surface area contributed by atoms with Crippen LogP contribution in [0, 0.1) is 11.8 Å². The number of carbonyl (C=O) groups is 1. The van der Waals surface area contributed by atoms with E-state index in [0.717, 1.165) is 6.61 Å². The molecular weight excluding hydrogens is 284 g/mol. The molecule has 2 atom stereocenters. The third-order valence-electron chi connectivity index (χ3n) is 3.61. The van der Waals surface area contributed by atoms with Gasteiger partial charge in [-0.1, -0.05) is 33.8 Å². The van der Waals surface area contributed by atoms with E-state index >= 15 is 0 Å². The van der Waals surface area contributed by atoms with Crippen LogP contribution in [0.4, 0.5) is 0 Å². The van der Waals surface area contributed by atoms with Crippen LogP contribution in [0.1, 0.15) is 38.7 Å². The molecule has 4 nitrogen and oxygen atoms in total. The summed E-state index contributed by atoms with van der Waals surface area (Å²) in [5.74, 6) is 1.01. The maximum atomic E-state index is 12.6. The quantitative estimate of drug-likeness (QED) is 0.787. The van der Waals surface area contributed by atoms with Crippen molar-refractivity contribution in [2.24, 2.45) is 11.8 Å². The minimum Gasteiger partial charge on any atom is -0.379 e. The van der Waals surface area contributed by atoms with Gasteiger partial charge in [-0.3, -0.25) is 10.1 Å². The number of hydrogen-bond acceptors (Lipinski definition) is 4. The van der Waals surface area contributed by atoms with E-state index in [-0.39, 0.29) is 18.1 Å². The van der Waals surface area contributed by atoms with Gasteiger partial charge in [0.15, 0.2) is 0 Å². The molecule has 0 spiro atoms. The molecule has 21 heavy (non-hydrogen) atoms. The zero-order valence-electron chi connectivity index (χ0n) is 13.3. The van der Waals surface area contributed by atoms with Crippen LogP contribution < -0.4 is 5.32 Å². The van der Waals surface area contributed by atoms with Crippen molar-refractivity contribution in [1.29, 1.82) is 0 Å². The Kier molecular flexibility index (Phi) is 5.79. The molecular formula is C16H26N2O2S. The Hall–Kier alpha value is -0.910. The highest BCUT2D eigenvalue weighted by Gasteiger charge is 2.41. The van der Waals surface area contributed by atoms with Gasteiger partial charge in [-0.25, -0.2) is 0 Å². The molecule has 1 saturated heterocycles. The first-order chi connectivity index (χ1) is 10.0. The smallest absolute Gasteiger partial charge is 0.241 e. The topological polar surface area (TPSA) is 41.6 Å². The zero-order valence-corrected chi connectivity index (χ0v) is 14.2. The van der Waals surface area contributed by atoms with Gasteiger partial charge in [0.25, 0.3) is 0 Å². The number of rotatable bonds is 7. The maximum absolute atomic E-state index is 12.6. The van der Waals surface area contributed by atoms with Gasteiger partial charge in [-0.05, 0) is 23.3 Å². The highest BCUT2D eigenvalue weighted by Crippen LogP contribution is 2.30. The third kappa shape index (κ3) is 4.05. The fourth-order valence-corrected chi connectivity index (χ4v) is 3.31. The molecule has 0 radical (unpaired) electrons. The summed E-state index contributed by atoms with van der Waals surface area (Å²) >= 11 is 1.69. The second-order valence-corrected chi connectivity index (χ2v) is 7.29. The number of thiophene rings is 1. The van der Waals surface area contributed by atoms with Gasteiger partial charge < -0.3 is 9.64 Å². The van der Waals surface area contributed by atoms with Crippen molar-refractivity contribution in [3.63, 3.8) is 0 Å². The van der Waals surface area contributed by atoms with Gasteiger partial charge >= 0.3 is 0 Å². The highest BCUT2D eigenvalue weighted by atomic mass is 32.1. The van der Waals surface area contributed by atoms with Crippen molar-refractivity contribution in [1.82, 2.24) is 10.2 Å². The van der Waals surface area contributed by atoms with E-state index in [1.165, 1.54) is 4.88 Å². The Labute approximate surface area is 131 Å². The normalized spacial score (nSPS) is 22.8. The molecule has 1 amide bonds. The van der Waals surface area contributed by atoms with E-state index < -0.39 is 0 Å². The first kappa shape index (κ1) is 16.5. The van der Waals surface area contributed by atoms with Crippen molar-refractivity contribution in [3.8, 4) is 0 Å². The van der Waals surface area contributed by atoms with Gasteiger partial charge in [0, 0.05) is 18.0 Å². The monoisotopic (exact) mass is 310 g/mol. The molecule has 1 aromatic rings. The molecule has 1 aromatic heterocycles. The minimum atomic E-state index is -0.0952. The summed E-state index contributed by atoms with van der Waals surface area (Å²) in [4.78, 5) is 15.7. The Balaban J connectivity index is 2.01. The molecule has 0 saturated carbocycles. The summed E-state index contributed by atoms with van der Waals surface area (Å²) in [6.07, 6.45) is -0.00690. The molecule has 1 fully saturated rings. The number of carbonyl (C=O) groups excluding carboxylic acids is 1.